The predicted octanol–water partition coefficient (Wildman–Crippen LogP) is 4.87. The average Bonchev–Trinajstić information content (AvgIpc) is 2.51. The van der Waals surface area contributed by atoms with Crippen LogP contribution >= 0.6 is 0 Å². The maximum absolute atomic E-state index is 5.58. The molecular formula is C20H25N. The van der Waals surface area contributed by atoms with Crippen molar-refractivity contribution in [2.45, 2.75) is 32.6 Å². The smallest absolute Gasteiger partial charge is 0.00741 e. The molecular weight excluding hydrogens is 254 g/mol. The zero-order valence-corrected chi connectivity index (χ0v) is 13.0. The van der Waals surface area contributed by atoms with Gasteiger partial charge in [0, 0.05) is 0 Å². The summed E-state index contributed by atoms with van der Waals surface area (Å²) in [6, 6.07) is 17.3. The Bertz CT molecular complexity index is 596. The second-order valence-electron chi connectivity index (χ2n) is 5.75. The van der Waals surface area contributed by atoms with E-state index in [1.807, 2.05) is 0 Å². The van der Waals surface area contributed by atoms with Crippen LogP contribution in [0.3, 0.4) is 0 Å². The molecule has 0 aromatic heterocycles. The lowest BCUT2D eigenvalue weighted by Crippen LogP contribution is -2.00. The molecule has 0 unspecified atom stereocenters. The summed E-state index contributed by atoms with van der Waals surface area (Å²) >= 11 is 0. The minimum Gasteiger partial charge on any atom is -0.330 e. The molecule has 0 fully saturated rings. The zero-order valence-electron chi connectivity index (χ0n) is 13.0. The van der Waals surface area contributed by atoms with E-state index in [1.165, 1.54) is 22.3 Å². The molecule has 1 nitrogen and oxygen atoms in total. The maximum Gasteiger partial charge on any atom is -0.00741 e. The number of aryl methyl sites for hydroxylation is 1. The minimum atomic E-state index is 0.543. The van der Waals surface area contributed by atoms with Crippen molar-refractivity contribution in [2.24, 2.45) is 5.73 Å². The highest BCUT2D eigenvalue weighted by Gasteiger charge is 2.02. The van der Waals surface area contributed by atoms with Crippen LogP contribution in [0.2, 0.25) is 0 Å². The molecule has 0 amide bonds. The minimum absolute atomic E-state index is 0.543. The van der Waals surface area contributed by atoms with Crippen LogP contribution in [0.15, 0.2) is 48.5 Å². The maximum atomic E-state index is 5.58. The molecule has 110 valence electrons. The molecule has 0 saturated carbocycles. The molecule has 21 heavy (non-hydrogen) atoms. The number of nitrogens with two attached hydrogens (primary N) is 1. The van der Waals surface area contributed by atoms with E-state index < -0.39 is 0 Å². The van der Waals surface area contributed by atoms with Crippen LogP contribution in [0.25, 0.3) is 12.2 Å². The summed E-state index contributed by atoms with van der Waals surface area (Å²) in [5, 5.41) is 0. The third-order valence-electron chi connectivity index (χ3n) is 3.69. The van der Waals surface area contributed by atoms with Gasteiger partial charge in [0.15, 0.2) is 0 Å². The van der Waals surface area contributed by atoms with Crippen LogP contribution in [-0.4, -0.2) is 6.54 Å². The van der Waals surface area contributed by atoms with Gasteiger partial charge in [-0.15, -0.1) is 0 Å². The summed E-state index contributed by atoms with van der Waals surface area (Å²) in [6.07, 6.45) is 6.52. The standard InChI is InChI=1S/C20H25N/c1-16(2)20-11-4-3-10-19(20)13-12-18-8-5-7-17(15-18)9-6-14-21/h3-5,7-8,10-13,15-16H,6,9,14,21H2,1-2H3/b13-12-. The van der Waals surface area contributed by atoms with Crippen molar-refractivity contribution in [3.05, 3.63) is 70.8 Å². The van der Waals surface area contributed by atoms with E-state index in [9.17, 15) is 0 Å². The summed E-state index contributed by atoms with van der Waals surface area (Å²) in [4.78, 5) is 0. The molecule has 2 N–H and O–H groups in total. The van der Waals surface area contributed by atoms with E-state index >= 15 is 0 Å². The van der Waals surface area contributed by atoms with Gasteiger partial charge in [-0.3, -0.25) is 0 Å². The average molecular weight is 279 g/mol. The van der Waals surface area contributed by atoms with Crippen molar-refractivity contribution < 1.29 is 0 Å². The second-order valence-corrected chi connectivity index (χ2v) is 5.75. The van der Waals surface area contributed by atoms with Gasteiger partial charge in [-0.25, -0.2) is 0 Å². The fourth-order valence-electron chi connectivity index (χ4n) is 2.53. The van der Waals surface area contributed by atoms with Crippen molar-refractivity contribution in [1.29, 1.82) is 0 Å². The SMILES string of the molecule is CC(C)c1ccccc1/C=C\c1cccc(CCCN)c1. The summed E-state index contributed by atoms with van der Waals surface area (Å²) in [6.45, 7) is 5.22. The van der Waals surface area contributed by atoms with E-state index in [0.29, 0.717) is 5.92 Å². The predicted molar refractivity (Wildman–Crippen MR) is 93.3 cm³/mol. The Morgan fingerprint density at radius 1 is 1.00 bits per heavy atom. The Hall–Kier alpha value is -1.86. The quantitative estimate of drug-likeness (QED) is 0.750. The largest absolute Gasteiger partial charge is 0.330 e. The van der Waals surface area contributed by atoms with Gasteiger partial charge in [-0.2, -0.15) is 0 Å². The molecule has 1 heteroatoms. The Kier molecular flexibility index (Phi) is 5.77. The van der Waals surface area contributed by atoms with Gasteiger partial charge in [0.25, 0.3) is 0 Å². The van der Waals surface area contributed by atoms with Crippen molar-refractivity contribution >= 4 is 12.2 Å². The normalized spacial score (nSPS) is 11.4. The molecule has 0 heterocycles. The second kappa shape index (κ2) is 7.80. The van der Waals surface area contributed by atoms with Gasteiger partial charge in [-0.1, -0.05) is 74.5 Å². The molecule has 0 aliphatic heterocycles. The molecule has 2 aromatic rings. The lowest BCUT2D eigenvalue weighted by atomic mass is 9.96. The van der Waals surface area contributed by atoms with E-state index in [4.69, 9.17) is 5.73 Å². The third kappa shape index (κ3) is 4.57. The first-order chi connectivity index (χ1) is 10.2. The lowest BCUT2D eigenvalue weighted by molar-refractivity contribution is 0.832. The Labute approximate surface area is 128 Å². The van der Waals surface area contributed by atoms with E-state index in [0.717, 1.165) is 19.4 Å². The lowest BCUT2D eigenvalue weighted by Gasteiger charge is -2.09. The monoisotopic (exact) mass is 279 g/mol. The molecule has 0 saturated heterocycles. The van der Waals surface area contributed by atoms with Crippen molar-refractivity contribution in [1.82, 2.24) is 0 Å². The molecule has 2 rings (SSSR count). The molecule has 0 radical (unpaired) electrons. The molecule has 0 bridgehead atoms. The van der Waals surface area contributed by atoms with Gasteiger partial charge < -0.3 is 5.73 Å². The number of hydrogen-bond acceptors (Lipinski definition) is 1. The van der Waals surface area contributed by atoms with Gasteiger partial charge >= 0.3 is 0 Å². The molecule has 0 spiro atoms. The Balaban J connectivity index is 2.18. The topological polar surface area (TPSA) is 26.0 Å². The zero-order chi connectivity index (χ0) is 15.1. The number of benzene rings is 2. The highest BCUT2D eigenvalue weighted by Crippen LogP contribution is 2.21. The first-order valence-electron chi connectivity index (χ1n) is 7.76. The fraction of sp³-hybridized carbons (Fsp3) is 0.300. The summed E-state index contributed by atoms with van der Waals surface area (Å²) in [5.74, 6) is 0.543. The van der Waals surface area contributed by atoms with Gasteiger partial charge in [0.05, 0.1) is 0 Å². The molecule has 0 aliphatic rings. The first kappa shape index (κ1) is 15.5. The highest BCUT2D eigenvalue weighted by molar-refractivity contribution is 5.71. The van der Waals surface area contributed by atoms with Gasteiger partial charge in [0.2, 0.25) is 0 Å². The van der Waals surface area contributed by atoms with Crippen LogP contribution < -0.4 is 5.73 Å². The number of hydrogen-bond donors (Lipinski definition) is 1. The van der Waals surface area contributed by atoms with Crippen molar-refractivity contribution in [3.8, 4) is 0 Å². The van der Waals surface area contributed by atoms with Crippen LogP contribution in [-0.2, 0) is 6.42 Å². The summed E-state index contributed by atoms with van der Waals surface area (Å²) in [7, 11) is 0. The fourth-order valence-corrected chi connectivity index (χ4v) is 2.53. The van der Waals surface area contributed by atoms with Crippen LogP contribution in [0.5, 0.6) is 0 Å². The van der Waals surface area contributed by atoms with Crippen molar-refractivity contribution in [3.63, 3.8) is 0 Å². The molecule has 0 atom stereocenters. The van der Waals surface area contributed by atoms with E-state index in [1.54, 1.807) is 0 Å². The summed E-state index contributed by atoms with van der Waals surface area (Å²) < 4.78 is 0. The van der Waals surface area contributed by atoms with Crippen LogP contribution in [0.1, 0.15) is 48.4 Å². The van der Waals surface area contributed by atoms with Crippen molar-refractivity contribution in [2.75, 3.05) is 6.54 Å². The van der Waals surface area contributed by atoms with Crippen LogP contribution in [0.4, 0.5) is 0 Å². The first-order valence-corrected chi connectivity index (χ1v) is 7.76. The molecule has 0 aliphatic carbocycles. The highest BCUT2D eigenvalue weighted by atomic mass is 14.5. The van der Waals surface area contributed by atoms with E-state index in [-0.39, 0.29) is 0 Å². The summed E-state index contributed by atoms with van der Waals surface area (Å²) in [5.41, 5.74) is 10.9. The van der Waals surface area contributed by atoms with Gasteiger partial charge in [0.1, 0.15) is 0 Å². The van der Waals surface area contributed by atoms with Gasteiger partial charge in [-0.05, 0) is 47.6 Å². The van der Waals surface area contributed by atoms with E-state index in [2.05, 4.69) is 74.5 Å². The Morgan fingerprint density at radius 3 is 2.57 bits per heavy atom. The number of rotatable bonds is 6. The third-order valence-corrected chi connectivity index (χ3v) is 3.69. The molecule has 2 aromatic carbocycles. The Morgan fingerprint density at radius 2 is 1.81 bits per heavy atom. The van der Waals surface area contributed by atoms with Crippen LogP contribution in [0, 0.1) is 0 Å².